The molecule has 2 N–H and O–H groups in total. The lowest BCUT2D eigenvalue weighted by molar-refractivity contribution is 0.990. The van der Waals surface area contributed by atoms with E-state index in [0.29, 0.717) is 0 Å². The highest BCUT2D eigenvalue weighted by molar-refractivity contribution is 6.12. The molecule has 5 nitrogen and oxygen atoms in total. The van der Waals surface area contributed by atoms with Gasteiger partial charge in [-0.1, -0.05) is 24.3 Å². The first-order chi connectivity index (χ1) is 14.3. The number of H-pyrrole nitrogens is 1. The number of aromatic nitrogens is 4. The van der Waals surface area contributed by atoms with E-state index in [1.165, 1.54) is 27.1 Å². The number of hydrogen-bond acceptors (Lipinski definition) is 3. The van der Waals surface area contributed by atoms with Gasteiger partial charge in [0.2, 0.25) is 0 Å². The summed E-state index contributed by atoms with van der Waals surface area (Å²) in [4.78, 5) is 12.0. The number of anilines is 1. The molecule has 4 heterocycles. The van der Waals surface area contributed by atoms with Gasteiger partial charge in [-0.05, 0) is 42.5 Å². The summed E-state index contributed by atoms with van der Waals surface area (Å²) in [7, 11) is 4.00. The van der Waals surface area contributed by atoms with E-state index in [2.05, 4.69) is 74.3 Å². The van der Waals surface area contributed by atoms with Crippen LogP contribution in [-0.4, -0.2) is 26.6 Å². The van der Waals surface area contributed by atoms with Crippen LogP contribution in [0.4, 0.5) is 5.69 Å². The Morgan fingerprint density at radius 2 is 1.55 bits per heavy atom. The van der Waals surface area contributed by atoms with Crippen molar-refractivity contribution in [3.05, 3.63) is 79.1 Å². The summed E-state index contributed by atoms with van der Waals surface area (Å²) in [6.07, 6.45) is 3.64. The minimum atomic E-state index is 0.962. The SMILES string of the molecule is CNc1cccc2c1c1cccnc1n2C.c1ccc2c(c1)[nH]c1ncccc12. The predicted octanol–water partition coefficient (Wildman–Crippen LogP) is 5.48. The third kappa shape index (κ3) is 2.79. The number of para-hydroxylation sites is 1. The number of rotatable bonds is 1. The Balaban J connectivity index is 0.000000128. The lowest BCUT2D eigenvalue weighted by Crippen LogP contribution is -1.90. The Labute approximate surface area is 168 Å². The third-order valence-corrected chi connectivity index (χ3v) is 5.32. The molecule has 6 aromatic rings. The second kappa shape index (κ2) is 6.95. The van der Waals surface area contributed by atoms with Crippen molar-refractivity contribution in [3.63, 3.8) is 0 Å². The number of hydrogen-bond donors (Lipinski definition) is 2. The number of fused-ring (bicyclic) bond motifs is 6. The van der Waals surface area contributed by atoms with Crippen LogP contribution in [0, 0.1) is 0 Å². The van der Waals surface area contributed by atoms with Crippen LogP contribution in [0.2, 0.25) is 0 Å². The van der Waals surface area contributed by atoms with Crippen LogP contribution in [0.3, 0.4) is 0 Å². The van der Waals surface area contributed by atoms with Crippen molar-refractivity contribution in [3.8, 4) is 0 Å². The van der Waals surface area contributed by atoms with Gasteiger partial charge < -0.3 is 14.9 Å². The standard InChI is InChI=1S/C13H13N3.C11H8N2/c1-14-10-6-3-7-11-12(10)9-5-4-8-15-13(9)16(11)2;1-2-6-10-8(4-1)9-5-3-7-12-11(9)13-10/h3-8,14H,1-2H3;1-7H,(H,12,13). The van der Waals surface area contributed by atoms with Crippen molar-refractivity contribution in [2.45, 2.75) is 0 Å². The molecule has 29 heavy (non-hydrogen) atoms. The van der Waals surface area contributed by atoms with E-state index in [-0.39, 0.29) is 0 Å². The summed E-state index contributed by atoms with van der Waals surface area (Å²) in [6.45, 7) is 0. The average Bonchev–Trinajstić information content (AvgIpc) is 3.30. The Morgan fingerprint density at radius 1 is 0.793 bits per heavy atom. The van der Waals surface area contributed by atoms with Gasteiger partial charge >= 0.3 is 0 Å². The van der Waals surface area contributed by atoms with Gasteiger partial charge in [0.1, 0.15) is 11.3 Å². The lowest BCUT2D eigenvalue weighted by atomic mass is 10.1. The highest BCUT2D eigenvalue weighted by Gasteiger charge is 2.10. The maximum absolute atomic E-state index is 4.43. The number of benzene rings is 2. The quantitative estimate of drug-likeness (QED) is 0.397. The van der Waals surface area contributed by atoms with Crippen molar-refractivity contribution >= 4 is 49.6 Å². The highest BCUT2D eigenvalue weighted by Crippen LogP contribution is 2.32. The maximum atomic E-state index is 4.43. The van der Waals surface area contributed by atoms with E-state index in [0.717, 1.165) is 22.5 Å². The Morgan fingerprint density at radius 3 is 2.41 bits per heavy atom. The number of pyridine rings is 2. The molecule has 5 heteroatoms. The molecule has 6 rings (SSSR count). The second-order valence-electron chi connectivity index (χ2n) is 6.95. The first kappa shape index (κ1) is 17.3. The molecular weight excluding hydrogens is 358 g/mol. The summed E-state index contributed by atoms with van der Waals surface area (Å²) >= 11 is 0. The second-order valence-corrected chi connectivity index (χ2v) is 6.95. The molecule has 0 spiro atoms. The minimum absolute atomic E-state index is 0.962. The molecular formula is C24H21N5. The van der Waals surface area contributed by atoms with Gasteiger partial charge in [-0.2, -0.15) is 0 Å². The van der Waals surface area contributed by atoms with E-state index < -0.39 is 0 Å². The van der Waals surface area contributed by atoms with E-state index in [9.17, 15) is 0 Å². The molecule has 0 atom stereocenters. The van der Waals surface area contributed by atoms with Crippen LogP contribution in [0.1, 0.15) is 0 Å². The van der Waals surface area contributed by atoms with Crippen LogP contribution in [0.15, 0.2) is 79.1 Å². The molecule has 2 aromatic carbocycles. The van der Waals surface area contributed by atoms with Gasteiger partial charge in [0, 0.05) is 59.2 Å². The maximum Gasteiger partial charge on any atom is 0.140 e. The summed E-state index contributed by atoms with van der Waals surface area (Å²) in [5.41, 5.74) is 5.50. The summed E-state index contributed by atoms with van der Waals surface area (Å²) in [5.74, 6) is 0. The first-order valence-electron chi connectivity index (χ1n) is 9.59. The fraction of sp³-hybridized carbons (Fsp3) is 0.0833. The minimum Gasteiger partial charge on any atom is -0.388 e. The zero-order valence-electron chi connectivity index (χ0n) is 16.3. The topological polar surface area (TPSA) is 58.5 Å². The van der Waals surface area contributed by atoms with Crippen LogP contribution in [-0.2, 0) is 7.05 Å². The normalized spacial score (nSPS) is 11.1. The smallest absolute Gasteiger partial charge is 0.140 e. The largest absolute Gasteiger partial charge is 0.388 e. The first-order valence-corrected chi connectivity index (χ1v) is 9.59. The molecule has 0 fully saturated rings. The van der Waals surface area contributed by atoms with Crippen LogP contribution in [0.25, 0.3) is 43.9 Å². The monoisotopic (exact) mass is 379 g/mol. The Kier molecular flexibility index (Phi) is 4.13. The number of nitrogens with one attached hydrogen (secondary N) is 2. The van der Waals surface area contributed by atoms with Crippen molar-refractivity contribution in [1.82, 2.24) is 19.5 Å². The van der Waals surface area contributed by atoms with E-state index >= 15 is 0 Å². The fourth-order valence-corrected chi connectivity index (χ4v) is 3.96. The highest BCUT2D eigenvalue weighted by atomic mass is 15.0. The Bertz CT molecular complexity index is 1410. The molecule has 0 unspecified atom stereocenters. The van der Waals surface area contributed by atoms with Crippen LogP contribution < -0.4 is 5.32 Å². The van der Waals surface area contributed by atoms with Crippen molar-refractivity contribution in [2.24, 2.45) is 7.05 Å². The van der Waals surface area contributed by atoms with E-state index in [4.69, 9.17) is 0 Å². The van der Waals surface area contributed by atoms with E-state index in [1.54, 1.807) is 6.20 Å². The van der Waals surface area contributed by atoms with E-state index in [1.807, 2.05) is 37.5 Å². The Hall–Kier alpha value is -3.86. The number of aryl methyl sites for hydroxylation is 1. The number of aromatic amines is 1. The van der Waals surface area contributed by atoms with Crippen LogP contribution >= 0.6 is 0 Å². The van der Waals surface area contributed by atoms with Crippen molar-refractivity contribution in [2.75, 3.05) is 12.4 Å². The molecule has 0 aliphatic heterocycles. The molecule has 0 radical (unpaired) electrons. The van der Waals surface area contributed by atoms with Crippen molar-refractivity contribution in [1.29, 1.82) is 0 Å². The van der Waals surface area contributed by atoms with Gasteiger partial charge in [-0.3, -0.25) is 0 Å². The zero-order chi connectivity index (χ0) is 19.8. The van der Waals surface area contributed by atoms with Gasteiger partial charge in [0.15, 0.2) is 0 Å². The molecule has 0 saturated carbocycles. The van der Waals surface area contributed by atoms with Gasteiger partial charge in [-0.15, -0.1) is 0 Å². The molecule has 0 aliphatic rings. The van der Waals surface area contributed by atoms with Gasteiger partial charge in [0.05, 0.1) is 5.52 Å². The zero-order valence-corrected chi connectivity index (χ0v) is 16.3. The molecule has 0 aliphatic carbocycles. The molecule has 0 bridgehead atoms. The van der Waals surface area contributed by atoms with Gasteiger partial charge in [0.25, 0.3) is 0 Å². The summed E-state index contributed by atoms with van der Waals surface area (Å²) in [5, 5.41) is 8.11. The predicted molar refractivity (Wildman–Crippen MR) is 121 cm³/mol. The van der Waals surface area contributed by atoms with Crippen molar-refractivity contribution < 1.29 is 0 Å². The summed E-state index contributed by atoms with van der Waals surface area (Å²) < 4.78 is 2.13. The number of nitrogens with zero attached hydrogens (tertiary/aromatic N) is 3. The molecule has 142 valence electrons. The lowest BCUT2D eigenvalue weighted by Gasteiger charge is -2.02. The van der Waals surface area contributed by atoms with Gasteiger partial charge in [-0.25, -0.2) is 9.97 Å². The molecule has 0 saturated heterocycles. The third-order valence-electron chi connectivity index (χ3n) is 5.32. The fourth-order valence-electron chi connectivity index (χ4n) is 3.96. The molecule has 0 amide bonds. The van der Waals surface area contributed by atoms with Crippen LogP contribution in [0.5, 0.6) is 0 Å². The molecule has 4 aromatic heterocycles. The summed E-state index contributed by atoms with van der Waals surface area (Å²) in [6, 6.07) is 22.7. The average molecular weight is 379 g/mol.